The van der Waals surface area contributed by atoms with Gasteiger partial charge in [-0.1, -0.05) is 6.07 Å². The van der Waals surface area contributed by atoms with E-state index >= 15 is 0 Å². The molecule has 0 saturated carbocycles. The standard InChI is InChI=1S/C16H23NO2/c1-12-10-18-16(9-17-12)11-19-15-7-6-13-4-2-3-5-14(13)8-15/h6-8,12,16-17H,2-5,9-11H2,1H3. The molecule has 19 heavy (non-hydrogen) atoms. The van der Waals surface area contributed by atoms with Crippen LogP contribution in [0.3, 0.4) is 0 Å². The molecule has 2 atom stereocenters. The van der Waals surface area contributed by atoms with Crippen molar-refractivity contribution < 1.29 is 9.47 Å². The Bertz CT molecular complexity index is 425. The SMILES string of the molecule is CC1COC(COc2ccc3c(c2)CCCC3)CN1. The van der Waals surface area contributed by atoms with Crippen molar-refractivity contribution in [2.45, 2.75) is 44.8 Å². The minimum atomic E-state index is 0.173. The van der Waals surface area contributed by atoms with Crippen molar-refractivity contribution in [3.8, 4) is 5.75 Å². The largest absolute Gasteiger partial charge is 0.491 e. The highest BCUT2D eigenvalue weighted by atomic mass is 16.5. The summed E-state index contributed by atoms with van der Waals surface area (Å²) in [4.78, 5) is 0. The molecule has 1 saturated heterocycles. The predicted molar refractivity (Wildman–Crippen MR) is 75.8 cm³/mol. The lowest BCUT2D eigenvalue weighted by Gasteiger charge is -2.28. The van der Waals surface area contributed by atoms with E-state index in [0.717, 1.165) is 18.9 Å². The van der Waals surface area contributed by atoms with Crippen molar-refractivity contribution in [3.63, 3.8) is 0 Å². The summed E-state index contributed by atoms with van der Waals surface area (Å²) in [5.74, 6) is 0.989. The minimum Gasteiger partial charge on any atom is -0.491 e. The van der Waals surface area contributed by atoms with E-state index in [2.05, 4.69) is 30.4 Å². The van der Waals surface area contributed by atoms with Gasteiger partial charge in [-0.3, -0.25) is 0 Å². The van der Waals surface area contributed by atoms with Crippen molar-refractivity contribution in [1.82, 2.24) is 5.32 Å². The van der Waals surface area contributed by atoms with E-state index in [1.165, 1.54) is 36.8 Å². The van der Waals surface area contributed by atoms with Crippen molar-refractivity contribution in [1.29, 1.82) is 0 Å². The Morgan fingerprint density at radius 2 is 2.11 bits per heavy atom. The van der Waals surface area contributed by atoms with Crippen molar-refractivity contribution in [3.05, 3.63) is 29.3 Å². The Balaban J connectivity index is 1.55. The van der Waals surface area contributed by atoms with E-state index in [-0.39, 0.29) is 6.10 Å². The van der Waals surface area contributed by atoms with E-state index < -0.39 is 0 Å². The maximum Gasteiger partial charge on any atom is 0.119 e. The van der Waals surface area contributed by atoms with Gasteiger partial charge >= 0.3 is 0 Å². The van der Waals surface area contributed by atoms with Crippen LogP contribution in [0.15, 0.2) is 18.2 Å². The van der Waals surface area contributed by atoms with Crippen LogP contribution in [0.5, 0.6) is 5.75 Å². The van der Waals surface area contributed by atoms with Crippen LogP contribution < -0.4 is 10.1 Å². The van der Waals surface area contributed by atoms with Gasteiger partial charge in [0.1, 0.15) is 18.5 Å². The molecule has 0 spiro atoms. The number of nitrogens with one attached hydrogen (secondary N) is 1. The second kappa shape index (κ2) is 5.93. The first kappa shape index (κ1) is 12.9. The van der Waals surface area contributed by atoms with Gasteiger partial charge in [0.15, 0.2) is 0 Å². The van der Waals surface area contributed by atoms with Crippen LogP contribution in [0.4, 0.5) is 0 Å². The number of benzene rings is 1. The number of aryl methyl sites for hydroxylation is 2. The fourth-order valence-electron chi connectivity index (χ4n) is 2.83. The lowest BCUT2D eigenvalue weighted by Crippen LogP contribution is -2.46. The molecule has 2 aliphatic rings. The van der Waals surface area contributed by atoms with Gasteiger partial charge in [0, 0.05) is 12.6 Å². The summed E-state index contributed by atoms with van der Waals surface area (Å²) < 4.78 is 11.6. The highest BCUT2D eigenvalue weighted by molar-refractivity contribution is 5.37. The van der Waals surface area contributed by atoms with Crippen molar-refractivity contribution in [2.24, 2.45) is 0 Å². The second-order valence-corrected chi connectivity index (χ2v) is 5.71. The smallest absolute Gasteiger partial charge is 0.119 e. The molecule has 1 fully saturated rings. The van der Waals surface area contributed by atoms with Gasteiger partial charge in [-0.2, -0.15) is 0 Å². The Hall–Kier alpha value is -1.06. The number of hydrogen-bond donors (Lipinski definition) is 1. The third kappa shape index (κ3) is 3.28. The van der Waals surface area contributed by atoms with Crippen molar-refractivity contribution in [2.75, 3.05) is 19.8 Å². The molecule has 0 bridgehead atoms. The van der Waals surface area contributed by atoms with Crippen LogP contribution in [0.1, 0.15) is 30.9 Å². The molecule has 1 aromatic rings. The van der Waals surface area contributed by atoms with E-state index in [1.54, 1.807) is 0 Å². The summed E-state index contributed by atoms with van der Waals surface area (Å²) in [6, 6.07) is 7.00. The zero-order valence-corrected chi connectivity index (χ0v) is 11.7. The summed E-state index contributed by atoms with van der Waals surface area (Å²) in [5.41, 5.74) is 2.98. The van der Waals surface area contributed by atoms with Crippen LogP contribution in [0, 0.1) is 0 Å². The lowest BCUT2D eigenvalue weighted by atomic mass is 9.92. The Morgan fingerprint density at radius 1 is 1.26 bits per heavy atom. The van der Waals surface area contributed by atoms with Gasteiger partial charge in [-0.05, 0) is 55.9 Å². The van der Waals surface area contributed by atoms with Crippen LogP contribution in [-0.4, -0.2) is 31.9 Å². The third-order valence-electron chi connectivity index (χ3n) is 4.03. The normalized spacial score (nSPS) is 26.8. The summed E-state index contributed by atoms with van der Waals surface area (Å²) >= 11 is 0. The van der Waals surface area contributed by atoms with Gasteiger partial charge in [0.05, 0.1) is 6.61 Å². The summed E-state index contributed by atoms with van der Waals surface area (Å²) in [7, 11) is 0. The van der Waals surface area contributed by atoms with E-state index in [4.69, 9.17) is 9.47 Å². The first-order chi connectivity index (χ1) is 9.31. The zero-order chi connectivity index (χ0) is 13.1. The molecule has 0 radical (unpaired) electrons. The number of ether oxygens (including phenoxy) is 2. The van der Waals surface area contributed by atoms with Gasteiger partial charge < -0.3 is 14.8 Å². The summed E-state index contributed by atoms with van der Waals surface area (Å²) in [6.07, 6.45) is 5.23. The lowest BCUT2D eigenvalue weighted by molar-refractivity contribution is -0.0165. The van der Waals surface area contributed by atoms with Gasteiger partial charge in [0.2, 0.25) is 0 Å². The number of morpholine rings is 1. The molecule has 1 aliphatic heterocycles. The average Bonchev–Trinajstić information content (AvgIpc) is 2.46. The first-order valence-electron chi connectivity index (χ1n) is 7.41. The molecule has 1 aromatic carbocycles. The summed E-state index contributed by atoms with van der Waals surface area (Å²) in [6.45, 7) is 4.43. The maximum absolute atomic E-state index is 5.88. The summed E-state index contributed by atoms with van der Waals surface area (Å²) in [5, 5.41) is 3.41. The molecule has 3 nitrogen and oxygen atoms in total. The molecular formula is C16H23NO2. The van der Waals surface area contributed by atoms with E-state index in [9.17, 15) is 0 Å². The Labute approximate surface area is 115 Å². The number of rotatable bonds is 3. The van der Waals surface area contributed by atoms with E-state index in [0.29, 0.717) is 12.6 Å². The molecule has 2 unspecified atom stereocenters. The monoisotopic (exact) mass is 261 g/mol. The maximum atomic E-state index is 5.88. The molecule has 0 aromatic heterocycles. The first-order valence-corrected chi connectivity index (χ1v) is 7.41. The molecule has 3 rings (SSSR count). The van der Waals surface area contributed by atoms with E-state index in [1.807, 2.05) is 0 Å². The molecule has 1 heterocycles. The topological polar surface area (TPSA) is 30.5 Å². The Kier molecular flexibility index (Phi) is 4.04. The Morgan fingerprint density at radius 3 is 2.89 bits per heavy atom. The molecule has 3 heteroatoms. The highest BCUT2D eigenvalue weighted by Crippen LogP contribution is 2.25. The van der Waals surface area contributed by atoms with Gasteiger partial charge in [-0.25, -0.2) is 0 Å². The van der Waals surface area contributed by atoms with Crippen LogP contribution in [0.2, 0.25) is 0 Å². The predicted octanol–water partition coefficient (Wildman–Crippen LogP) is 2.32. The second-order valence-electron chi connectivity index (χ2n) is 5.71. The fraction of sp³-hybridized carbons (Fsp3) is 0.625. The minimum absolute atomic E-state index is 0.173. The zero-order valence-electron chi connectivity index (χ0n) is 11.7. The van der Waals surface area contributed by atoms with Gasteiger partial charge in [0.25, 0.3) is 0 Å². The molecule has 1 aliphatic carbocycles. The van der Waals surface area contributed by atoms with Crippen LogP contribution in [-0.2, 0) is 17.6 Å². The number of fused-ring (bicyclic) bond motifs is 1. The molecule has 0 amide bonds. The highest BCUT2D eigenvalue weighted by Gasteiger charge is 2.18. The quantitative estimate of drug-likeness (QED) is 0.906. The average molecular weight is 261 g/mol. The van der Waals surface area contributed by atoms with Crippen LogP contribution >= 0.6 is 0 Å². The molecular weight excluding hydrogens is 238 g/mol. The number of hydrogen-bond acceptors (Lipinski definition) is 3. The third-order valence-corrected chi connectivity index (χ3v) is 4.03. The van der Waals surface area contributed by atoms with Crippen molar-refractivity contribution >= 4 is 0 Å². The molecule has 1 N–H and O–H groups in total. The molecule has 104 valence electrons. The van der Waals surface area contributed by atoms with Gasteiger partial charge in [-0.15, -0.1) is 0 Å². The fourth-order valence-corrected chi connectivity index (χ4v) is 2.83. The van der Waals surface area contributed by atoms with Crippen LogP contribution in [0.25, 0.3) is 0 Å².